The molecule has 22 heavy (non-hydrogen) atoms. The monoisotopic (exact) mass is 332 g/mol. The Kier molecular flexibility index (Phi) is 10.1. The first-order valence-electron chi connectivity index (χ1n) is 6.65. The van der Waals surface area contributed by atoms with Gasteiger partial charge in [0.15, 0.2) is 6.10 Å². The van der Waals surface area contributed by atoms with Crippen LogP contribution in [0.5, 0.6) is 0 Å². The second-order valence-electron chi connectivity index (χ2n) is 4.49. The van der Waals surface area contributed by atoms with Crippen molar-refractivity contribution in [1.82, 2.24) is 0 Å². The summed E-state index contributed by atoms with van der Waals surface area (Å²) in [5, 5.41) is 26.1. The van der Waals surface area contributed by atoms with E-state index in [0.717, 1.165) is 12.8 Å². The van der Waals surface area contributed by atoms with Gasteiger partial charge in [-0.15, -0.1) is 0 Å². The fourth-order valence-electron chi connectivity index (χ4n) is 1.46. The van der Waals surface area contributed by atoms with Crippen LogP contribution in [0.4, 0.5) is 0 Å². The van der Waals surface area contributed by atoms with Crippen LogP contribution < -0.4 is 11.5 Å². The van der Waals surface area contributed by atoms with Gasteiger partial charge >= 0.3 is 11.9 Å². The van der Waals surface area contributed by atoms with Gasteiger partial charge in [0.1, 0.15) is 6.04 Å². The normalized spacial score (nSPS) is 12.7. The van der Waals surface area contributed by atoms with Crippen LogP contribution in [-0.4, -0.2) is 39.8 Å². The number of aliphatic hydroxyl groups excluding tert-OH is 1. The number of hydrogen-bond donors (Lipinski definition) is 5. The molecule has 0 aliphatic carbocycles. The maximum atomic E-state index is 10.3. The molecule has 0 heterocycles. The van der Waals surface area contributed by atoms with Crippen molar-refractivity contribution in [2.24, 2.45) is 11.5 Å². The Bertz CT molecular complexity index is 484. The van der Waals surface area contributed by atoms with Crippen molar-refractivity contribution in [2.75, 3.05) is 6.54 Å². The first-order chi connectivity index (χ1) is 10.3. The van der Waals surface area contributed by atoms with E-state index < -0.39 is 24.1 Å². The molecule has 0 aliphatic heterocycles. The average Bonchev–Trinajstić information content (AvgIpc) is 2.47. The third-order valence-electron chi connectivity index (χ3n) is 2.72. The van der Waals surface area contributed by atoms with E-state index in [1.165, 1.54) is 12.1 Å². The fraction of sp³-hybridized carbons (Fsp3) is 0.429. The number of rotatable bonds is 7. The molecule has 8 heteroatoms. The van der Waals surface area contributed by atoms with Crippen molar-refractivity contribution in [3.8, 4) is 0 Å². The highest BCUT2D eigenvalue weighted by Gasteiger charge is 2.17. The van der Waals surface area contributed by atoms with Gasteiger partial charge in [-0.05, 0) is 25.5 Å². The van der Waals surface area contributed by atoms with Gasteiger partial charge < -0.3 is 26.8 Å². The zero-order valence-corrected chi connectivity index (χ0v) is 12.7. The Balaban J connectivity index is 0.000000409. The molecule has 124 valence electrons. The van der Waals surface area contributed by atoms with Crippen molar-refractivity contribution in [3.05, 3.63) is 34.9 Å². The molecule has 0 bridgehead atoms. The number of unbranched alkanes of at least 4 members (excludes halogenated alkanes) is 1. The number of carboxylic acid groups (broad SMARTS) is 2. The third-order valence-corrected chi connectivity index (χ3v) is 3.06. The van der Waals surface area contributed by atoms with E-state index in [9.17, 15) is 9.59 Å². The second kappa shape index (κ2) is 11.0. The molecule has 0 fully saturated rings. The maximum Gasteiger partial charge on any atom is 0.337 e. The van der Waals surface area contributed by atoms with E-state index in [0.29, 0.717) is 13.0 Å². The van der Waals surface area contributed by atoms with Crippen LogP contribution in [0.2, 0.25) is 5.02 Å². The topological polar surface area (TPSA) is 147 Å². The van der Waals surface area contributed by atoms with Crippen molar-refractivity contribution in [2.45, 2.75) is 31.4 Å². The molecule has 1 aromatic rings. The minimum Gasteiger partial charge on any atom is -0.480 e. The number of aliphatic hydroxyl groups is 1. The molecule has 0 saturated carbocycles. The van der Waals surface area contributed by atoms with Gasteiger partial charge in [-0.3, -0.25) is 4.79 Å². The number of halogens is 1. The van der Waals surface area contributed by atoms with Crippen LogP contribution in [-0.2, 0) is 9.59 Å². The lowest BCUT2D eigenvalue weighted by atomic mass is 10.1. The smallest absolute Gasteiger partial charge is 0.337 e. The summed E-state index contributed by atoms with van der Waals surface area (Å²) in [7, 11) is 0. The Morgan fingerprint density at radius 2 is 1.73 bits per heavy atom. The molecule has 7 nitrogen and oxygen atoms in total. The standard InChI is InChI=1S/C8H7ClO3.C6H14N2O2/c9-6-4-2-1-3-5(6)7(10)8(11)12;7-4-2-1-3-5(8)6(9)10/h1-4,7,10H,(H,11,12);5H,1-4,7-8H2,(H,9,10)/t7-;5-/m10/s1. The number of hydrogen-bond acceptors (Lipinski definition) is 5. The highest BCUT2D eigenvalue weighted by molar-refractivity contribution is 6.31. The predicted molar refractivity (Wildman–Crippen MR) is 82.6 cm³/mol. The number of carboxylic acids is 2. The second-order valence-corrected chi connectivity index (χ2v) is 4.90. The quantitative estimate of drug-likeness (QED) is 0.467. The van der Waals surface area contributed by atoms with Crippen molar-refractivity contribution < 1.29 is 24.9 Å². The Morgan fingerprint density at radius 1 is 1.14 bits per heavy atom. The highest BCUT2D eigenvalue weighted by atomic mass is 35.5. The lowest BCUT2D eigenvalue weighted by Crippen LogP contribution is -2.29. The minimum atomic E-state index is -1.54. The van der Waals surface area contributed by atoms with Gasteiger partial charge in [-0.1, -0.05) is 36.2 Å². The summed E-state index contributed by atoms with van der Waals surface area (Å²) in [6, 6.07) is 5.57. The van der Waals surface area contributed by atoms with Gasteiger partial charge in [0.05, 0.1) is 0 Å². The minimum absolute atomic E-state index is 0.215. The van der Waals surface area contributed by atoms with Crippen molar-refractivity contribution in [1.29, 1.82) is 0 Å². The molecule has 1 aromatic carbocycles. The van der Waals surface area contributed by atoms with E-state index in [1.54, 1.807) is 12.1 Å². The third kappa shape index (κ3) is 7.94. The summed E-state index contributed by atoms with van der Waals surface area (Å²) < 4.78 is 0. The molecule has 0 amide bonds. The lowest BCUT2D eigenvalue weighted by molar-refractivity contribution is -0.147. The van der Waals surface area contributed by atoms with Crippen LogP contribution in [0.25, 0.3) is 0 Å². The molecule has 0 unspecified atom stereocenters. The van der Waals surface area contributed by atoms with Crippen LogP contribution >= 0.6 is 11.6 Å². The van der Waals surface area contributed by atoms with E-state index in [1.807, 2.05) is 0 Å². The largest absolute Gasteiger partial charge is 0.480 e. The van der Waals surface area contributed by atoms with Crippen LogP contribution in [0, 0.1) is 0 Å². The SMILES string of the molecule is NCCCC[C@H](N)C(=O)O.O=C(O)[C@H](O)c1ccccc1Cl. The molecular formula is C14H21ClN2O5. The van der Waals surface area contributed by atoms with Gasteiger partial charge in [-0.25, -0.2) is 4.79 Å². The van der Waals surface area contributed by atoms with Crippen LogP contribution in [0.15, 0.2) is 24.3 Å². The Labute approximate surface area is 133 Å². The zero-order valence-electron chi connectivity index (χ0n) is 12.0. The summed E-state index contributed by atoms with van der Waals surface area (Å²) in [5.41, 5.74) is 10.6. The zero-order chi connectivity index (χ0) is 17.1. The average molecular weight is 333 g/mol. The Morgan fingerprint density at radius 3 is 2.18 bits per heavy atom. The summed E-state index contributed by atoms with van der Waals surface area (Å²) >= 11 is 5.64. The molecule has 0 aromatic heterocycles. The first-order valence-corrected chi connectivity index (χ1v) is 7.02. The van der Waals surface area contributed by atoms with Gasteiger partial charge in [0.2, 0.25) is 0 Å². The van der Waals surface area contributed by atoms with Crippen molar-refractivity contribution in [3.63, 3.8) is 0 Å². The van der Waals surface area contributed by atoms with Crippen LogP contribution in [0.3, 0.4) is 0 Å². The van der Waals surface area contributed by atoms with Gasteiger partial charge in [0.25, 0.3) is 0 Å². The summed E-state index contributed by atoms with van der Waals surface area (Å²) in [5.74, 6) is -2.24. The molecular weight excluding hydrogens is 312 g/mol. The molecule has 7 N–H and O–H groups in total. The van der Waals surface area contributed by atoms with E-state index in [4.69, 9.17) is 38.4 Å². The number of carbonyl (C=O) groups is 2. The number of nitrogens with two attached hydrogens (primary N) is 2. The van der Waals surface area contributed by atoms with Gasteiger partial charge in [-0.2, -0.15) is 0 Å². The maximum absolute atomic E-state index is 10.3. The van der Waals surface area contributed by atoms with Crippen LogP contribution in [0.1, 0.15) is 30.9 Å². The lowest BCUT2D eigenvalue weighted by Gasteiger charge is -2.06. The summed E-state index contributed by atoms with van der Waals surface area (Å²) in [6.45, 7) is 0.604. The first kappa shape index (κ1) is 20.3. The highest BCUT2D eigenvalue weighted by Crippen LogP contribution is 2.22. The van der Waals surface area contributed by atoms with E-state index >= 15 is 0 Å². The molecule has 1 rings (SSSR count). The molecule has 0 radical (unpaired) electrons. The molecule has 0 saturated heterocycles. The molecule has 0 aliphatic rings. The number of benzene rings is 1. The predicted octanol–water partition coefficient (Wildman–Crippen LogP) is 0.985. The van der Waals surface area contributed by atoms with Crippen molar-refractivity contribution >= 4 is 23.5 Å². The summed E-state index contributed by atoms with van der Waals surface area (Å²) in [4.78, 5) is 20.5. The summed E-state index contributed by atoms with van der Waals surface area (Å²) in [6.07, 6.45) is 0.621. The fourth-order valence-corrected chi connectivity index (χ4v) is 1.70. The van der Waals surface area contributed by atoms with Gasteiger partial charge in [0, 0.05) is 10.6 Å². The molecule has 0 spiro atoms. The van der Waals surface area contributed by atoms with E-state index in [2.05, 4.69) is 0 Å². The van der Waals surface area contributed by atoms with E-state index in [-0.39, 0.29) is 10.6 Å². The number of aliphatic carboxylic acids is 2. The Hall–Kier alpha value is -1.67. The molecule has 2 atom stereocenters.